The number of aromatic nitrogens is 2. The van der Waals surface area contributed by atoms with Crippen molar-refractivity contribution >= 4 is 11.0 Å². The van der Waals surface area contributed by atoms with E-state index in [1.54, 1.807) is 0 Å². The zero-order valence-corrected chi connectivity index (χ0v) is 10.6. The molecule has 1 aromatic carbocycles. The van der Waals surface area contributed by atoms with Crippen molar-refractivity contribution in [3.8, 4) is 0 Å². The number of nitrogens with zero attached hydrogens (tertiary/aromatic N) is 2. The van der Waals surface area contributed by atoms with Crippen LogP contribution in [-0.2, 0) is 13.1 Å². The molecule has 0 aliphatic carbocycles. The molecule has 90 valence electrons. The van der Waals surface area contributed by atoms with E-state index < -0.39 is 0 Å². The van der Waals surface area contributed by atoms with E-state index in [-0.39, 0.29) is 0 Å². The van der Waals surface area contributed by atoms with E-state index in [4.69, 9.17) is 0 Å². The summed E-state index contributed by atoms with van der Waals surface area (Å²) in [4.78, 5) is 0. The van der Waals surface area contributed by atoms with Crippen LogP contribution in [0.4, 0.5) is 0 Å². The lowest BCUT2D eigenvalue weighted by Gasteiger charge is -1.96. The van der Waals surface area contributed by atoms with E-state index in [2.05, 4.69) is 53.2 Å². The predicted octanol–water partition coefficient (Wildman–Crippen LogP) is 3.31. The van der Waals surface area contributed by atoms with Gasteiger partial charge in [-0.3, -0.25) is 0 Å². The number of rotatable bonds is 6. The maximum absolute atomic E-state index is 3.82. The molecule has 2 heteroatoms. The Bertz CT molecular complexity index is 497. The topological polar surface area (TPSA) is 8.81 Å². The Morgan fingerprint density at radius 2 is 2.12 bits per heavy atom. The molecule has 0 spiro atoms. The molecule has 2 aromatic rings. The van der Waals surface area contributed by atoms with Crippen LogP contribution in [0.3, 0.4) is 0 Å². The van der Waals surface area contributed by atoms with Gasteiger partial charge in [0.2, 0.25) is 6.33 Å². The van der Waals surface area contributed by atoms with Crippen LogP contribution in [0.15, 0.2) is 43.2 Å². The Morgan fingerprint density at radius 3 is 2.88 bits per heavy atom. The fourth-order valence-electron chi connectivity index (χ4n) is 2.24. The molecule has 2 rings (SSSR count). The van der Waals surface area contributed by atoms with E-state index in [1.165, 1.54) is 30.3 Å². The number of benzene rings is 1. The SMILES string of the molecule is C=CCn1c[n+](CCCCC)c2ccccc21. The minimum atomic E-state index is 0.876. The second-order valence-electron chi connectivity index (χ2n) is 4.45. The van der Waals surface area contributed by atoms with Gasteiger partial charge in [-0.25, -0.2) is 9.13 Å². The minimum Gasteiger partial charge on any atom is -0.230 e. The van der Waals surface area contributed by atoms with Crippen LogP contribution in [0, 0.1) is 0 Å². The summed E-state index contributed by atoms with van der Waals surface area (Å²) in [6.07, 6.45) is 7.98. The summed E-state index contributed by atoms with van der Waals surface area (Å²) < 4.78 is 4.61. The molecule has 0 saturated carbocycles. The van der Waals surface area contributed by atoms with Gasteiger partial charge in [0.25, 0.3) is 0 Å². The Labute approximate surface area is 103 Å². The quantitative estimate of drug-likeness (QED) is 0.408. The van der Waals surface area contributed by atoms with Crippen molar-refractivity contribution < 1.29 is 4.57 Å². The molecule has 0 N–H and O–H groups in total. The van der Waals surface area contributed by atoms with Gasteiger partial charge in [-0.1, -0.05) is 38.1 Å². The number of fused-ring (bicyclic) bond motifs is 1. The third kappa shape index (κ3) is 2.57. The van der Waals surface area contributed by atoms with Crippen molar-refractivity contribution in [2.75, 3.05) is 0 Å². The minimum absolute atomic E-state index is 0.876. The Morgan fingerprint density at radius 1 is 1.29 bits per heavy atom. The number of aryl methyl sites for hydroxylation is 1. The molecule has 2 nitrogen and oxygen atoms in total. The maximum Gasteiger partial charge on any atom is 0.245 e. The first-order valence-corrected chi connectivity index (χ1v) is 6.45. The Balaban J connectivity index is 2.31. The standard InChI is InChI=1S/C15H21N2/c1-3-5-8-12-17-13-16(11-4-2)14-9-6-7-10-15(14)17/h4,6-7,9-10,13H,2-3,5,8,11-12H2,1H3/q+1. The highest BCUT2D eigenvalue weighted by Gasteiger charge is 2.13. The van der Waals surface area contributed by atoms with Crippen molar-refractivity contribution in [2.24, 2.45) is 0 Å². The smallest absolute Gasteiger partial charge is 0.230 e. The third-order valence-electron chi connectivity index (χ3n) is 3.11. The van der Waals surface area contributed by atoms with Gasteiger partial charge in [-0.05, 0) is 25.0 Å². The average Bonchev–Trinajstić information content (AvgIpc) is 2.70. The molecule has 0 unspecified atom stereocenters. The maximum atomic E-state index is 3.82. The molecule has 17 heavy (non-hydrogen) atoms. The number of unbranched alkanes of at least 4 members (excludes halogenated alkanes) is 2. The second kappa shape index (κ2) is 5.67. The number of imidazole rings is 1. The predicted molar refractivity (Wildman–Crippen MR) is 71.9 cm³/mol. The van der Waals surface area contributed by atoms with Gasteiger partial charge in [0.15, 0.2) is 11.0 Å². The number of allylic oxidation sites excluding steroid dienone is 1. The van der Waals surface area contributed by atoms with Crippen LogP contribution < -0.4 is 4.57 Å². The van der Waals surface area contributed by atoms with Gasteiger partial charge in [-0.2, -0.15) is 0 Å². The molecule has 0 radical (unpaired) electrons. The largest absolute Gasteiger partial charge is 0.245 e. The number of hydrogen-bond acceptors (Lipinski definition) is 0. The van der Waals surface area contributed by atoms with Crippen LogP contribution in [-0.4, -0.2) is 4.57 Å². The van der Waals surface area contributed by atoms with Crippen molar-refractivity contribution in [1.82, 2.24) is 4.57 Å². The van der Waals surface area contributed by atoms with E-state index >= 15 is 0 Å². The molecule has 0 saturated heterocycles. The summed E-state index contributed by atoms with van der Waals surface area (Å²) in [6.45, 7) is 8.04. The van der Waals surface area contributed by atoms with E-state index in [0.29, 0.717) is 0 Å². The molecule has 0 bridgehead atoms. The van der Waals surface area contributed by atoms with E-state index in [0.717, 1.165) is 13.1 Å². The van der Waals surface area contributed by atoms with Crippen LogP contribution >= 0.6 is 0 Å². The number of para-hydroxylation sites is 2. The first kappa shape index (κ1) is 11.9. The lowest BCUT2D eigenvalue weighted by molar-refractivity contribution is -0.672. The molecule has 1 aromatic heterocycles. The van der Waals surface area contributed by atoms with Gasteiger partial charge < -0.3 is 0 Å². The first-order valence-electron chi connectivity index (χ1n) is 6.45. The molecule has 0 fully saturated rings. The van der Waals surface area contributed by atoms with E-state index in [9.17, 15) is 0 Å². The lowest BCUT2D eigenvalue weighted by Crippen LogP contribution is -2.32. The van der Waals surface area contributed by atoms with Gasteiger partial charge >= 0.3 is 0 Å². The second-order valence-corrected chi connectivity index (χ2v) is 4.45. The molecule has 1 heterocycles. The first-order chi connectivity index (χ1) is 8.36. The van der Waals surface area contributed by atoms with Crippen molar-refractivity contribution in [3.63, 3.8) is 0 Å². The highest BCUT2D eigenvalue weighted by atomic mass is 15.1. The van der Waals surface area contributed by atoms with E-state index in [1.807, 2.05) is 6.08 Å². The van der Waals surface area contributed by atoms with Gasteiger partial charge in [0.1, 0.15) is 6.54 Å². The lowest BCUT2D eigenvalue weighted by atomic mass is 10.2. The average molecular weight is 229 g/mol. The zero-order valence-electron chi connectivity index (χ0n) is 10.6. The van der Waals surface area contributed by atoms with Crippen molar-refractivity contribution in [1.29, 1.82) is 0 Å². The summed E-state index contributed by atoms with van der Waals surface area (Å²) in [5, 5.41) is 0. The highest BCUT2D eigenvalue weighted by molar-refractivity contribution is 5.71. The monoisotopic (exact) mass is 229 g/mol. The normalized spacial score (nSPS) is 10.9. The Kier molecular flexibility index (Phi) is 3.97. The third-order valence-corrected chi connectivity index (χ3v) is 3.11. The summed E-state index contributed by atoms with van der Waals surface area (Å²) in [6, 6.07) is 8.57. The van der Waals surface area contributed by atoms with Crippen LogP contribution in [0.1, 0.15) is 26.2 Å². The van der Waals surface area contributed by atoms with Gasteiger partial charge in [-0.15, -0.1) is 0 Å². The van der Waals surface area contributed by atoms with Crippen LogP contribution in [0.2, 0.25) is 0 Å². The number of hydrogen-bond donors (Lipinski definition) is 0. The summed E-state index contributed by atoms with van der Waals surface area (Å²) >= 11 is 0. The molecule has 0 aliphatic heterocycles. The highest BCUT2D eigenvalue weighted by Crippen LogP contribution is 2.11. The Hall–Kier alpha value is -1.57. The summed E-state index contributed by atoms with van der Waals surface area (Å²) in [5.74, 6) is 0. The van der Waals surface area contributed by atoms with Crippen molar-refractivity contribution in [3.05, 3.63) is 43.2 Å². The van der Waals surface area contributed by atoms with Crippen molar-refractivity contribution in [2.45, 2.75) is 39.3 Å². The zero-order chi connectivity index (χ0) is 12.1. The van der Waals surface area contributed by atoms with Crippen LogP contribution in [0.5, 0.6) is 0 Å². The molecular formula is C15H21N2+. The molecule has 0 atom stereocenters. The molecule has 0 aliphatic rings. The summed E-state index contributed by atoms with van der Waals surface area (Å²) in [5.41, 5.74) is 2.62. The summed E-state index contributed by atoms with van der Waals surface area (Å²) in [7, 11) is 0. The molecule has 0 amide bonds. The fraction of sp³-hybridized carbons (Fsp3) is 0.400. The molecular weight excluding hydrogens is 208 g/mol. The fourth-order valence-corrected chi connectivity index (χ4v) is 2.24. The van der Waals surface area contributed by atoms with Gasteiger partial charge in [0, 0.05) is 0 Å². The van der Waals surface area contributed by atoms with Gasteiger partial charge in [0.05, 0.1) is 6.54 Å². The van der Waals surface area contributed by atoms with Crippen LogP contribution in [0.25, 0.3) is 11.0 Å².